The first-order chi connectivity index (χ1) is 16.3. The van der Waals surface area contributed by atoms with Crippen LogP contribution < -0.4 is 16.2 Å². The molecule has 2 amide bonds. The van der Waals surface area contributed by atoms with Crippen LogP contribution in [0.1, 0.15) is 78.8 Å². The first-order valence-electron chi connectivity index (χ1n) is 11.3. The van der Waals surface area contributed by atoms with E-state index < -0.39 is 5.97 Å². The first kappa shape index (κ1) is 26.1. The standard InChI is InChI=1S/C23H30N4O4S3/c1-5-27(6-2)21(29)18-13(3)17(22(30)31-4)20(34-18)24-23(32)26-25-19(28)16-12-14-10-8-7-9-11-15(14)33-16/h12H,5-11H2,1-4H3,(H,25,28)(H2,24,26,32). The number of carbonyl (C=O) groups excluding carboxylic acids is 3. The van der Waals surface area contributed by atoms with Gasteiger partial charge in [0, 0.05) is 18.0 Å². The highest BCUT2D eigenvalue weighted by Gasteiger charge is 2.27. The Bertz CT molecular complexity index is 1060. The van der Waals surface area contributed by atoms with Crippen LogP contribution in [0, 0.1) is 6.92 Å². The highest BCUT2D eigenvalue weighted by molar-refractivity contribution is 7.80. The molecule has 34 heavy (non-hydrogen) atoms. The summed E-state index contributed by atoms with van der Waals surface area (Å²) < 4.78 is 4.92. The van der Waals surface area contributed by atoms with Crippen molar-refractivity contribution < 1.29 is 19.1 Å². The smallest absolute Gasteiger partial charge is 0.341 e. The Hall–Kier alpha value is -2.50. The summed E-state index contributed by atoms with van der Waals surface area (Å²) in [5.74, 6) is -0.993. The molecular formula is C23H30N4O4S3. The number of nitrogens with one attached hydrogen (secondary N) is 3. The van der Waals surface area contributed by atoms with Crippen molar-refractivity contribution >= 4 is 62.8 Å². The van der Waals surface area contributed by atoms with Gasteiger partial charge in [0.2, 0.25) is 0 Å². The second-order valence-corrected chi connectivity index (χ2v) is 10.4. The third-order valence-electron chi connectivity index (χ3n) is 5.77. The zero-order chi connectivity index (χ0) is 24.8. The number of carbonyl (C=O) groups is 3. The molecule has 0 atom stereocenters. The lowest BCUT2D eigenvalue weighted by Crippen LogP contribution is -2.43. The number of anilines is 1. The minimum atomic E-state index is -0.568. The second-order valence-electron chi connectivity index (χ2n) is 7.88. The van der Waals surface area contributed by atoms with Crippen molar-refractivity contribution in [3.05, 3.63) is 37.4 Å². The van der Waals surface area contributed by atoms with Crippen LogP contribution in [-0.2, 0) is 17.6 Å². The molecule has 2 aromatic rings. The average molecular weight is 523 g/mol. The summed E-state index contributed by atoms with van der Waals surface area (Å²) in [5.41, 5.74) is 7.36. The summed E-state index contributed by atoms with van der Waals surface area (Å²) in [7, 11) is 1.29. The van der Waals surface area contributed by atoms with Gasteiger partial charge in [-0.15, -0.1) is 22.7 Å². The second kappa shape index (κ2) is 11.8. The number of hydrazine groups is 1. The third kappa shape index (κ3) is 5.76. The predicted octanol–water partition coefficient (Wildman–Crippen LogP) is 4.29. The van der Waals surface area contributed by atoms with Gasteiger partial charge in [-0.2, -0.15) is 0 Å². The van der Waals surface area contributed by atoms with Gasteiger partial charge in [0.15, 0.2) is 5.11 Å². The molecule has 3 N–H and O–H groups in total. The lowest BCUT2D eigenvalue weighted by molar-refractivity contribution is 0.0601. The molecule has 0 saturated carbocycles. The van der Waals surface area contributed by atoms with E-state index in [-0.39, 0.29) is 22.5 Å². The van der Waals surface area contributed by atoms with Gasteiger partial charge in [0.25, 0.3) is 11.8 Å². The molecule has 1 aliphatic carbocycles. The summed E-state index contributed by atoms with van der Waals surface area (Å²) in [6, 6.07) is 1.96. The van der Waals surface area contributed by atoms with E-state index in [9.17, 15) is 14.4 Å². The number of ether oxygens (including phenoxy) is 1. The molecule has 2 aromatic heterocycles. The monoisotopic (exact) mass is 522 g/mol. The summed E-state index contributed by atoms with van der Waals surface area (Å²) in [6.45, 7) is 6.63. The Morgan fingerprint density at radius 3 is 2.47 bits per heavy atom. The number of rotatable bonds is 6. The molecule has 0 saturated heterocycles. The number of thiocarbonyl (C=S) groups is 1. The van der Waals surface area contributed by atoms with Gasteiger partial charge >= 0.3 is 5.97 Å². The maximum atomic E-state index is 12.9. The van der Waals surface area contributed by atoms with Crippen molar-refractivity contribution in [2.24, 2.45) is 0 Å². The van der Waals surface area contributed by atoms with Gasteiger partial charge in [-0.05, 0) is 75.9 Å². The van der Waals surface area contributed by atoms with E-state index >= 15 is 0 Å². The summed E-state index contributed by atoms with van der Waals surface area (Å²) in [6.07, 6.45) is 5.56. The van der Waals surface area contributed by atoms with E-state index in [1.54, 1.807) is 11.8 Å². The lowest BCUT2D eigenvalue weighted by atomic mass is 10.1. The number of amides is 2. The number of fused-ring (bicyclic) bond motifs is 1. The third-order valence-corrected chi connectivity index (χ3v) is 8.40. The van der Waals surface area contributed by atoms with Crippen LogP contribution in [0.5, 0.6) is 0 Å². The van der Waals surface area contributed by atoms with Crippen LogP contribution in [0.2, 0.25) is 0 Å². The van der Waals surface area contributed by atoms with Crippen LogP contribution in [-0.4, -0.2) is 48.0 Å². The van der Waals surface area contributed by atoms with Gasteiger partial charge in [-0.25, -0.2) is 4.79 Å². The molecule has 0 aliphatic heterocycles. The molecule has 0 aromatic carbocycles. The molecule has 8 nitrogen and oxygen atoms in total. The van der Waals surface area contributed by atoms with Gasteiger partial charge in [0.05, 0.1) is 22.4 Å². The van der Waals surface area contributed by atoms with Gasteiger partial charge in [-0.1, -0.05) is 6.42 Å². The Kier molecular flexibility index (Phi) is 9.03. The maximum absolute atomic E-state index is 12.9. The van der Waals surface area contributed by atoms with E-state index in [1.807, 2.05) is 19.9 Å². The van der Waals surface area contributed by atoms with Crippen molar-refractivity contribution in [3.8, 4) is 0 Å². The minimum absolute atomic E-state index is 0.0970. The maximum Gasteiger partial charge on any atom is 0.341 e. The van der Waals surface area contributed by atoms with E-state index in [0.717, 1.165) is 37.0 Å². The van der Waals surface area contributed by atoms with Crippen LogP contribution in [0.3, 0.4) is 0 Å². The average Bonchev–Trinajstić information content (AvgIpc) is 3.30. The Balaban J connectivity index is 1.71. The van der Waals surface area contributed by atoms with E-state index in [0.29, 0.717) is 33.4 Å². The molecule has 0 spiro atoms. The quantitative estimate of drug-likeness (QED) is 0.225. The van der Waals surface area contributed by atoms with Gasteiger partial charge in [0.1, 0.15) is 5.00 Å². The van der Waals surface area contributed by atoms with E-state index in [2.05, 4.69) is 16.2 Å². The number of hydrogen-bond donors (Lipinski definition) is 3. The van der Waals surface area contributed by atoms with Crippen LogP contribution in [0.15, 0.2) is 6.07 Å². The normalized spacial score (nSPS) is 12.8. The number of thiophene rings is 2. The van der Waals surface area contributed by atoms with E-state index in [4.69, 9.17) is 17.0 Å². The van der Waals surface area contributed by atoms with Gasteiger partial charge in [-0.3, -0.25) is 20.4 Å². The molecular weight excluding hydrogens is 492 g/mol. The zero-order valence-electron chi connectivity index (χ0n) is 19.8. The van der Waals surface area contributed by atoms with E-state index in [1.165, 1.54) is 35.3 Å². The Labute approximate surface area is 213 Å². The Morgan fingerprint density at radius 1 is 1.09 bits per heavy atom. The molecule has 2 heterocycles. The van der Waals surface area contributed by atoms with Crippen molar-refractivity contribution in [3.63, 3.8) is 0 Å². The molecule has 3 rings (SSSR count). The molecule has 11 heteroatoms. The topological polar surface area (TPSA) is 99.8 Å². The number of esters is 1. The van der Waals surface area contributed by atoms with Crippen LogP contribution >= 0.6 is 34.9 Å². The molecule has 184 valence electrons. The molecule has 0 fully saturated rings. The first-order valence-corrected chi connectivity index (χ1v) is 13.3. The highest BCUT2D eigenvalue weighted by Crippen LogP contribution is 2.34. The zero-order valence-corrected chi connectivity index (χ0v) is 22.3. The molecule has 0 unspecified atom stereocenters. The van der Waals surface area contributed by atoms with Crippen molar-refractivity contribution in [2.75, 3.05) is 25.5 Å². The van der Waals surface area contributed by atoms with Crippen molar-refractivity contribution in [1.82, 2.24) is 15.8 Å². The summed E-state index contributed by atoms with van der Waals surface area (Å²) in [5, 5.41) is 3.42. The summed E-state index contributed by atoms with van der Waals surface area (Å²) in [4.78, 5) is 42.0. The minimum Gasteiger partial charge on any atom is -0.465 e. The Morgan fingerprint density at radius 2 is 1.79 bits per heavy atom. The molecule has 1 aliphatic rings. The fraction of sp³-hybridized carbons (Fsp3) is 0.478. The van der Waals surface area contributed by atoms with Crippen molar-refractivity contribution in [2.45, 2.75) is 52.9 Å². The lowest BCUT2D eigenvalue weighted by Gasteiger charge is -2.17. The van der Waals surface area contributed by atoms with Crippen LogP contribution in [0.25, 0.3) is 0 Å². The fourth-order valence-corrected chi connectivity index (χ4v) is 6.43. The molecule has 0 radical (unpaired) electrons. The summed E-state index contributed by atoms with van der Waals surface area (Å²) >= 11 is 7.99. The van der Waals surface area contributed by atoms with Crippen molar-refractivity contribution in [1.29, 1.82) is 0 Å². The highest BCUT2D eigenvalue weighted by atomic mass is 32.1. The number of nitrogens with zero attached hydrogens (tertiary/aromatic N) is 1. The molecule has 0 bridgehead atoms. The number of methoxy groups -OCH3 is 1. The fourth-order valence-electron chi connectivity index (χ4n) is 3.90. The predicted molar refractivity (Wildman–Crippen MR) is 140 cm³/mol. The van der Waals surface area contributed by atoms with Gasteiger partial charge < -0.3 is 15.0 Å². The number of hydrogen-bond acceptors (Lipinski definition) is 7. The number of aryl methyl sites for hydroxylation is 2. The van der Waals surface area contributed by atoms with Crippen LogP contribution in [0.4, 0.5) is 5.00 Å². The largest absolute Gasteiger partial charge is 0.465 e. The SMILES string of the molecule is CCN(CC)C(=O)c1sc(NC(=S)NNC(=O)c2cc3c(s2)CCCCC3)c(C(=O)OC)c1C.